The first-order chi connectivity index (χ1) is 10.6. The zero-order chi connectivity index (χ0) is 17.4. The standard InChI is InChI=1S/C16H15Cl2NO3S/c1-10-8-14(19(2)13-7-5-4-6-12(13)17)15(23(3,21)22)9-11(10)16(18)20/h4-9H,1-3H3. The summed E-state index contributed by atoms with van der Waals surface area (Å²) in [7, 11) is -1.85. The molecule has 0 saturated heterocycles. The maximum absolute atomic E-state index is 12.1. The van der Waals surface area contributed by atoms with Gasteiger partial charge in [-0.25, -0.2) is 8.42 Å². The summed E-state index contributed by atoms with van der Waals surface area (Å²) in [5, 5.41) is -0.205. The van der Waals surface area contributed by atoms with Crippen molar-refractivity contribution in [3.63, 3.8) is 0 Å². The van der Waals surface area contributed by atoms with Crippen LogP contribution < -0.4 is 4.90 Å². The number of para-hydroxylation sites is 1. The Balaban J connectivity index is 2.74. The number of aryl methyl sites for hydroxylation is 1. The van der Waals surface area contributed by atoms with Crippen molar-refractivity contribution in [2.45, 2.75) is 11.8 Å². The fraction of sp³-hybridized carbons (Fsp3) is 0.188. The van der Waals surface area contributed by atoms with Crippen molar-refractivity contribution in [3.8, 4) is 0 Å². The summed E-state index contributed by atoms with van der Waals surface area (Å²) in [5.41, 5.74) is 1.85. The molecule has 0 fully saturated rings. The van der Waals surface area contributed by atoms with Crippen LogP contribution in [0.15, 0.2) is 41.3 Å². The number of benzene rings is 2. The molecule has 0 bridgehead atoms. The van der Waals surface area contributed by atoms with Crippen LogP contribution in [0.1, 0.15) is 15.9 Å². The van der Waals surface area contributed by atoms with E-state index in [9.17, 15) is 13.2 Å². The molecule has 0 aliphatic rings. The molecule has 0 N–H and O–H groups in total. The quantitative estimate of drug-likeness (QED) is 0.755. The number of rotatable bonds is 4. The predicted molar refractivity (Wildman–Crippen MR) is 94.0 cm³/mol. The third-order valence-electron chi connectivity index (χ3n) is 3.49. The summed E-state index contributed by atoms with van der Waals surface area (Å²) in [6.45, 7) is 1.70. The van der Waals surface area contributed by atoms with E-state index < -0.39 is 15.1 Å². The Morgan fingerprint density at radius 1 is 1.13 bits per heavy atom. The summed E-state index contributed by atoms with van der Waals surface area (Å²) >= 11 is 11.7. The van der Waals surface area contributed by atoms with Gasteiger partial charge in [0.15, 0.2) is 9.84 Å². The molecule has 2 rings (SSSR count). The minimum absolute atomic E-state index is 0.0227. The lowest BCUT2D eigenvalue weighted by Crippen LogP contribution is -2.15. The number of hydrogen-bond acceptors (Lipinski definition) is 4. The minimum atomic E-state index is -3.57. The van der Waals surface area contributed by atoms with Gasteiger partial charge in [-0.2, -0.15) is 0 Å². The Bertz CT molecular complexity index is 879. The van der Waals surface area contributed by atoms with E-state index in [1.165, 1.54) is 6.07 Å². The Kier molecular flexibility index (Phi) is 5.04. The average Bonchev–Trinajstić information content (AvgIpc) is 2.45. The third-order valence-corrected chi connectivity index (χ3v) is 5.14. The fourth-order valence-electron chi connectivity index (χ4n) is 2.30. The number of carbonyl (C=O) groups excluding carboxylic acids is 1. The first-order valence-electron chi connectivity index (χ1n) is 6.65. The molecule has 0 aliphatic heterocycles. The molecule has 0 amide bonds. The first kappa shape index (κ1) is 17.8. The molecule has 0 aliphatic carbocycles. The molecular formula is C16H15Cl2NO3S. The van der Waals surface area contributed by atoms with Gasteiger partial charge in [0.25, 0.3) is 5.24 Å². The second kappa shape index (κ2) is 6.51. The summed E-state index contributed by atoms with van der Waals surface area (Å²) in [4.78, 5) is 13.2. The van der Waals surface area contributed by atoms with Crippen molar-refractivity contribution >= 4 is 49.7 Å². The largest absolute Gasteiger partial charge is 0.342 e. The first-order valence-corrected chi connectivity index (χ1v) is 9.30. The van der Waals surface area contributed by atoms with Crippen molar-refractivity contribution in [1.82, 2.24) is 0 Å². The highest BCUT2D eigenvalue weighted by molar-refractivity contribution is 7.90. The van der Waals surface area contributed by atoms with Gasteiger partial charge in [-0.1, -0.05) is 23.7 Å². The SMILES string of the molecule is Cc1cc(N(C)c2ccccc2Cl)c(S(C)(=O)=O)cc1C(=O)Cl. The van der Waals surface area contributed by atoms with Crippen molar-refractivity contribution in [2.75, 3.05) is 18.2 Å². The highest BCUT2D eigenvalue weighted by Crippen LogP contribution is 2.36. The van der Waals surface area contributed by atoms with Gasteiger partial charge in [0, 0.05) is 18.9 Å². The molecule has 4 nitrogen and oxygen atoms in total. The lowest BCUT2D eigenvalue weighted by Gasteiger charge is -2.24. The molecule has 2 aromatic carbocycles. The van der Waals surface area contributed by atoms with E-state index in [0.717, 1.165) is 6.26 Å². The van der Waals surface area contributed by atoms with Gasteiger partial charge in [-0.15, -0.1) is 0 Å². The molecule has 23 heavy (non-hydrogen) atoms. The van der Waals surface area contributed by atoms with Crippen LogP contribution in [0, 0.1) is 6.92 Å². The minimum Gasteiger partial charge on any atom is -0.342 e. The Hall–Kier alpha value is -1.56. The normalized spacial score (nSPS) is 11.3. The summed E-state index contributed by atoms with van der Waals surface area (Å²) in [5.74, 6) is 0. The average molecular weight is 372 g/mol. The maximum atomic E-state index is 12.1. The zero-order valence-electron chi connectivity index (χ0n) is 12.8. The van der Waals surface area contributed by atoms with Crippen LogP contribution in [-0.2, 0) is 9.84 Å². The third kappa shape index (κ3) is 3.68. The van der Waals surface area contributed by atoms with Gasteiger partial charge in [0.1, 0.15) is 0 Å². The van der Waals surface area contributed by atoms with Gasteiger partial charge >= 0.3 is 0 Å². The number of carbonyl (C=O) groups is 1. The molecule has 0 aromatic heterocycles. The molecule has 0 radical (unpaired) electrons. The topological polar surface area (TPSA) is 54.5 Å². The van der Waals surface area contributed by atoms with Crippen LogP contribution in [-0.4, -0.2) is 27.0 Å². The van der Waals surface area contributed by atoms with E-state index in [4.69, 9.17) is 23.2 Å². The number of anilines is 2. The highest BCUT2D eigenvalue weighted by Gasteiger charge is 2.22. The highest BCUT2D eigenvalue weighted by atomic mass is 35.5. The zero-order valence-corrected chi connectivity index (χ0v) is 15.1. The van der Waals surface area contributed by atoms with Crippen LogP contribution in [0.25, 0.3) is 0 Å². The van der Waals surface area contributed by atoms with Crippen LogP contribution in [0.5, 0.6) is 0 Å². The number of halogens is 2. The maximum Gasteiger partial charge on any atom is 0.252 e. The van der Waals surface area contributed by atoms with Gasteiger partial charge in [0.2, 0.25) is 0 Å². The summed E-state index contributed by atoms with van der Waals surface area (Å²) in [6.07, 6.45) is 1.09. The van der Waals surface area contributed by atoms with Crippen LogP contribution in [0.4, 0.5) is 11.4 Å². The van der Waals surface area contributed by atoms with E-state index in [-0.39, 0.29) is 10.5 Å². The number of sulfone groups is 1. The Labute approximate surface area is 145 Å². The predicted octanol–water partition coefficient (Wildman–Crippen LogP) is 4.20. The number of hydrogen-bond donors (Lipinski definition) is 0. The smallest absolute Gasteiger partial charge is 0.252 e. The lowest BCUT2D eigenvalue weighted by atomic mass is 10.1. The van der Waals surface area contributed by atoms with Crippen LogP contribution >= 0.6 is 23.2 Å². The van der Waals surface area contributed by atoms with Crippen molar-refractivity contribution in [1.29, 1.82) is 0 Å². The Morgan fingerprint density at radius 3 is 2.26 bits per heavy atom. The van der Waals surface area contributed by atoms with Crippen LogP contribution in [0.3, 0.4) is 0 Å². The molecular weight excluding hydrogens is 357 g/mol. The molecule has 2 aromatic rings. The van der Waals surface area contributed by atoms with Crippen LogP contribution in [0.2, 0.25) is 5.02 Å². The van der Waals surface area contributed by atoms with E-state index in [0.29, 0.717) is 22.0 Å². The molecule has 7 heteroatoms. The Morgan fingerprint density at radius 2 is 1.74 bits per heavy atom. The molecule has 0 atom stereocenters. The number of nitrogens with zero attached hydrogens (tertiary/aromatic N) is 1. The summed E-state index contributed by atoms with van der Waals surface area (Å²) < 4.78 is 24.3. The molecule has 0 saturated carbocycles. The summed E-state index contributed by atoms with van der Waals surface area (Å²) in [6, 6.07) is 10.0. The van der Waals surface area contributed by atoms with E-state index in [1.807, 2.05) is 0 Å². The second-order valence-corrected chi connectivity index (χ2v) is 7.93. The van der Waals surface area contributed by atoms with Gasteiger partial charge in [-0.05, 0) is 48.4 Å². The van der Waals surface area contributed by atoms with Gasteiger partial charge < -0.3 is 4.90 Å². The van der Waals surface area contributed by atoms with Crippen molar-refractivity contribution in [3.05, 3.63) is 52.5 Å². The second-order valence-electron chi connectivity index (χ2n) is 5.19. The monoisotopic (exact) mass is 371 g/mol. The van der Waals surface area contributed by atoms with E-state index in [2.05, 4.69) is 0 Å². The van der Waals surface area contributed by atoms with E-state index >= 15 is 0 Å². The molecule has 122 valence electrons. The van der Waals surface area contributed by atoms with Crippen molar-refractivity contribution < 1.29 is 13.2 Å². The van der Waals surface area contributed by atoms with E-state index in [1.54, 1.807) is 49.2 Å². The molecule has 0 spiro atoms. The fourth-order valence-corrected chi connectivity index (χ4v) is 3.67. The molecule has 0 unspecified atom stereocenters. The molecule has 0 heterocycles. The van der Waals surface area contributed by atoms with Crippen molar-refractivity contribution in [2.24, 2.45) is 0 Å². The van der Waals surface area contributed by atoms with Gasteiger partial charge in [-0.3, -0.25) is 4.79 Å². The lowest BCUT2D eigenvalue weighted by molar-refractivity contribution is 0.108. The van der Waals surface area contributed by atoms with Gasteiger partial charge in [0.05, 0.1) is 21.3 Å².